The maximum absolute atomic E-state index is 5.62. The molecule has 0 amide bonds. The molecule has 82 valence electrons. The minimum atomic E-state index is 0.236. The maximum atomic E-state index is 5.62. The van der Waals surface area contributed by atoms with E-state index in [1.54, 1.807) is 0 Å². The Morgan fingerprint density at radius 1 is 1.53 bits per heavy atom. The summed E-state index contributed by atoms with van der Waals surface area (Å²) in [5.41, 5.74) is 8.01. The molecule has 0 aliphatic carbocycles. The molecule has 0 fully saturated rings. The van der Waals surface area contributed by atoms with Gasteiger partial charge in [0.05, 0.1) is 11.7 Å². The van der Waals surface area contributed by atoms with Crippen LogP contribution in [-0.2, 0) is 0 Å². The summed E-state index contributed by atoms with van der Waals surface area (Å²) in [5, 5.41) is 3.39. The highest BCUT2D eigenvalue weighted by molar-refractivity contribution is 5.60. The van der Waals surface area contributed by atoms with E-state index in [4.69, 9.17) is 10.5 Å². The lowest BCUT2D eigenvalue weighted by Gasteiger charge is -2.27. The second-order valence-corrected chi connectivity index (χ2v) is 4.30. The molecule has 0 bridgehead atoms. The number of benzene rings is 1. The number of hydrogen-bond acceptors (Lipinski definition) is 3. The SMILES string of the molecule is CC(C)c1ccc2c(c1)NC(CN)CO2. The first-order valence-corrected chi connectivity index (χ1v) is 5.44. The molecule has 0 radical (unpaired) electrons. The Bertz CT molecular complexity index is 349. The van der Waals surface area contributed by atoms with E-state index in [2.05, 4.69) is 31.3 Å². The smallest absolute Gasteiger partial charge is 0.142 e. The van der Waals surface area contributed by atoms with Crippen molar-refractivity contribution in [3.63, 3.8) is 0 Å². The van der Waals surface area contributed by atoms with Crippen LogP contribution in [0.4, 0.5) is 5.69 Å². The molecule has 1 atom stereocenters. The van der Waals surface area contributed by atoms with Crippen molar-refractivity contribution in [1.29, 1.82) is 0 Å². The quantitative estimate of drug-likeness (QED) is 0.777. The molecule has 3 nitrogen and oxygen atoms in total. The lowest BCUT2D eigenvalue weighted by Crippen LogP contribution is -2.37. The Morgan fingerprint density at radius 2 is 2.33 bits per heavy atom. The van der Waals surface area contributed by atoms with E-state index >= 15 is 0 Å². The average Bonchev–Trinajstić information content (AvgIpc) is 2.27. The minimum absolute atomic E-state index is 0.236. The van der Waals surface area contributed by atoms with Crippen LogP contribution in [0.5, 0.6) is 5.75 Å². The van der Waals surface area contributed by atoms with Gasteiger partial charge in [-0.2, -0.15) is 0 Å². The van der Waals surface area contributed by atoms with Crippen molar-refractivity contribution in [3.05, 3.63) is 23.8 Å². The minimum Gasteiger partial charge on any atom is -0.489 e. The van der Waals surface area contributed by atoms with Crippen LogP contribution in [0, 0.1) is 0 Å². The average molecular weight is 206 g/mol. The highest BCUT2D eigenvalue weighted by Crippen LogP contribution is 2.31. The Balaban J connectivity index is 2.26. The van der Waals surface area contributed by atoms with E-state index in [1.807, 2.05) is 6.07 Å². The lowest BCUT2D eigenvalue weighted by atomic mass is 10.0. The Kier molecular flexibility index (Phi) is 2.82. The molecule has 1 aliphatic heterocycles. The van der Waals surface area contributed by atoms with Crippen molar-refractivity contribution in [2.24, 2.45) is 5.73 Å². The molecule has 0 saturated carbocycles. The van der Waals surface area contributed by atoms with E-state index in [0.29, 0.717) is 19.1 Å². The van der Waals surface area contributed by atoms with Gasteiger partial charge in [0.25, 0.3) is 0 Å². The molecular formula is C12H18N2O. The van der Waals surface area contributed by atoms with Crippen LogP contribution in [0.2, 0.25) is 0 Å². The predicted octanol–water partition coefficient (Wildman–Crippen LogP) is 1.94. The number of nitrogens with one attached hydrogen (secondary N) is 1. The van der Waals surface area contributed by atoms with Crippen molar-refractivity contribution in [2.45, 2.75) is 25.8 Å². The summed E-state index contributed by atoms with van der Waals surface area (Å²) in [7, 11) is 0. The second kappa shape index (κ2) is 4.11. The summed E-state index contributed by atoms with van der Waals surface area (Å²) in [6, 6.07) is 6.54. The molecular weight excluding hydrogens is 188 g/mol. The zero-order chi connectivity index (χ0) is 10.8. The van der Waals surface area contributed by atoms with Crippen molar-refractivity contribution in [1.82, 2.24) is 0 Å². The standard InChI is InChI=1S/C12H18N2O/c1-8(2)9-3-4-12-11(5-9)14-10(6-13)7-15-12/h3-5,8,10,14H,6-7,13H2,1-2H3. The highest BCUT2D eigenvalue weighted by Gasteiger charge is 2.17. The van der Waals surface area contributed by atoms with Gasteiger partial charge in [0.1, 0.15) is 12.4 Å². The number of ether oxygens (including phenoxy) is 1. The Hall–Kier alpha value is -1.22. The summed E-state index contributed by atoms with van der Waals surface area (Å²) in [4.78, 5) is 0. The van der Waals surface area contributed by atoms with Crippen LogP contribution in [0.25, 0.3) is 0 Å². The van der Waals surface area contributed by atoms with Crippen LogP contribution in [0.15, 0.2) is 18.2 Å². The summed E-state index contributed by atoms with van der Waals surface area (Å²) in [6.45, 7) is 5.63. The summed E-state index contributed by atoms with van der Waals surface area (Å²) >= 11 is 0. The third kappa shape index (κ3) is 2.07. The monoisotopic (exact) mass is 206 g/mol. The molecule has 15 heavy (non-hydrogen) atoms. The van der Waals surface area contributed by atoms with Gasteiger partial charge in [0.2, 0.25) is 0 Å². The van der Waals surface area contributed by atoms with E-state index in [-0.39, 0.29) is 6.04 Å². The molecule has 0 saturated heterocycles. The van der Waals surface area contributed by atoms with Gasteiger partial charge in [0, 0.05) is 6.54 Å². The maximum Gasteiger partial charge on any atom is 0.142 e. The zero-order valence-electron chi connectivity index (χ0n) is 9.29. The zero-order valence-corrected chi connectivity index (χ0v) is 9.29. The normalized spacial score (nSPS) is 19.3. The third-order valence-electron chi connectivity index (χ3n) is 2.75. The molecule has 3 heteroatoms. The van der Waals surface area contributed by atoms with Crippen molar-refractivity contribution in [2.75, 3.05) is 18.5 Å². The highest BCUT2D eigenvalue weighted by atomic mass is 16.5. The van der Waals surface area contributed by atoms with E-state index in [0.717, 1.165) is 11.4 Å². The first kappa shape index (κ1) is 10.3. The summed E-state index contributed by atoms with van der Waals surface area (Å²) in [6.07, 6.45) is 0. The fourth-order valence-electron chi connectivity index (χ4n) is 1.72. The summed E-state index contributed by atoms with van der Waals surface area (Å²) in [5.74, 6) is 1.47. The lowest BCUT2D eigenvalue weighted by molar-refractivity contribution is 0.286. The third-order valence-corrected chi connectivity index (χ3v) is 2.75. The first-order valence-electron chi connectivity index (χ1n) is 5.44. The topological polar surface area (TPSA) is 47.3 Å². The molecule has 0 aromatic heterocycles. The van der Waals surface area contributed by atoms with Crippen LogP contribution in [-0.4, -0.2) is 19.2 Å². The predicted molar refractivity (Wildman–Crippen MR) is 62.5 cm³/mol. The number of anilines is 1. The van der Waals surface area contributed by atoms with Gasteiger partial charge in [-0.15, -0.1) is 0 Å². The van der Waals surface area contributed by atoms with Crippen molar-refractivity contribution in [3.8, 4) is 5.75 Å². The summed E-state index contributed by atoms with van der Waals surface area (Å²) < 4.78 is 5.62. The first-order chi connectivity index (χ1) is 7.20. The Labute approximate surface area is 90.6 Å². The Morgan fingerprint density at radius 3 is 3.00 bits per heavy atom. The van der Waals surface area contributed by atoms with Gasteiger partial charge in [0.15, 0.2) is 0 Å². The number of nitrogens with two attached hydrogens (primary N) is 1. The number of fused-ring (bicyclic) bond motifs is 1. The molecule has 1 aromatic carbocycles. The van der Waals surface area contributed by atoms with E-state index in [9.17, 15) is 0 Å². The largest absolute Gasteiger partial charge is 0.489 e. The van der Waals surface area contributed by atoms with Gasteiger partial charge in [-0.25, -0.2) is 0 Å². The van der Waals surface area contributed by atoms with Crippen molar-refractivity contribution >= 4 is 5.69 Å². The molecule has 1 aliphatic rings. The van der Waals surface area contributed by atoms with Crippen LogP contribution in [0.1, 0.15) is 25.3 Å². The fraction of sp³-hybridized carbons (Fsp3) is 0.500. The number of hydrogen-bond donors (Lipinski definition) is 2. The van der Waals surface area contributed by atoms with Gasteiger partial charge in [-0.1, -0.05) is 19.9 Å². The van der Waals surface area contributed by atoms with Crippen LogP contribution >= 0.6 is 0 Å². The van der Waals surface area contributed by atoms with Crippen LogP contribution < -0.4 is 15.8 Å². The molecule has 1 aromatic rings. The van der Waals surface area contributed by atoms with Crippen molar-refractivity contribution < 1.29 is 4.74 Å². The second-order valence-electron chi connectivity index (χ2n) is 4.30. The fourth-order valence-corrected chi connectivity index (χ4v) is 1.72. The van der Waals surface area contributed by atoms with Gasteiger partial charge < -0.3 is 15.8 Å². The van der Waals surface area contributed by atoms with Gasteiger partial charge in [-0.05, 0) is 23.6 Å². The molecule has 2 rings (SSSR count). The molecule has 1 unspecified atom stereocenters. The molecule has 1 heterocycles. The molecule has 0 spiro atoms. The number of rotatable bonds is 2. The van der Waals surface area contributed by atoms with Gasteiger partial charge >= 0.3 is 0 Å². The van der Waals surface area contributed by atoms with E-state index in [1.165, 1.54) is 5.56 Å². The van der Waals surface area contributed by atoms with Gasteiger partial charge in [-0.3, -0.25) is 0 Å². The van der Waals surface area contributed by atoms with Crippen LogP contribution in [0.3, 0.4) is 0 Å². The molecule has 3 N–H and O–H groups in total. The van der Waals surface area contributed by atoms with E-state index < -0.39 is 0 Å².